The van der Waals surface area contributed by atoms with Crippen molar-refractivity contribution in [2.24, 2.45) is 5.41 Å². The summed E-state index contributed by atoms with van der Waals surface area (Å²) in [6, 6.07) is 9.82. The Morgan fingerprint density at radius 3 is 2.52 bits per heavy atom. The zero-order chi connectivity index (χ0) is 22.5. The minimum Gasteiger partial charge on any atom is -0.452 e. The molecule has 1 aliphatic heterocycles. The number of ether oxygens (including phenoxy) is 3. The van der Waals surface area contributed by atoms with E-state index >= 15 is 0 Å². The molecule has 0 bridgehead atoms. The normalized spacial score (nSPS) is 20.1. The molecule has 1 unspecified atom stereocenters. The van der Waals surface area contributed by atoms with E-state index in [1.807, 2.05) is 59.0 Å². The van der Waals surface area contributed by atoms with Gasteiger partial charge in [0.1, 0.15) is 0 Å². The highest BCUT2D eigenvalue weighted by molar-refractivity contribution is 14.1. The molecule has 2 aliphatic rings. The Bertz CT molecular complexity index is 910. The van der Waals surface area contributed by atoms with Crippen LogP contribution in [0.5, 0.6) is 0 Å². The van der Waals surface area contributed by atoms with Crippen LogP contribution in [0.25, 0.3) is 6.08 Å². The second kappa shape index (κ2) is 10.3. The SMILES string of the molecule is CC(=O)OC(C1=C(CCCCO)C12OCC(C)(C)CO2)/C(C#CI)=C/c1ccccc1. The molecule has 1 N–H and O–H groups in total. The molecule has 1 aromatic carbocycles. The van der Waals surface area contributed by atoms with Crippen LogP contribution < -0.4 is 0 Å². The van der Waals surface area contributed by atoms with Crippen molar-refractivity contribution in [1.29, 1.82) is 0 Å². The number of rotatable bonds is 8. The van der Waals surface area contributed by atoms with E-state index < -0.39 is 11.9 Å². The van der Waals surface area contributed by atoms with Crippen molar-refractivity contribution in [3.63, 3.8) is 0 Å². The highest BCUT2D eigenvalue weighted by Crippen LogP contribution is 2.57. The van der Waals surface area contributed by atoms with Gasteiger partial charge in [-0.05, 0) is 34.8 Å². The Morgan fingerprint density at radius 1 is 1.26 bits per heavy atom. The van der Waals surface area contributed by atoms with E-state index in [9.17, 15) is 9.90 Å². The third-order valence-electron chi connectivity index (χ3n) is 5.32. The van der Waals surface area contributed by atoms with Gasteiger partial charge in [0.05, 0.1) is 13.2 Å². The summed E-state index contributed by atoms with van der Waals surface area (Å²) in [5, 5.41) is 9.21. The molecule has 31 heavy (non-hydrogen) atoms. The molecule has 1 atom stereocenters. The summed E-state index contributed by atoms with van der Waals surface area (Å²) in [5.41, 5.74) is 3.39. The Labute approximate surface area is 198 Å². The fraction of sp³-hybridized carbons (Fsp3) is 0.480. The van der Waals surface area contributed by atoms with Crippen molar-refractivity contribution in [3.05, 3.63) is 52.6 Å². The quantitative estimate of drug-likeness (QED) is 0.173. The molecule has 1 heterocycles. The van der Waals surface area contributed by atoms with Gasteiger partial charge in [0.15, 0.2) is 6.10 Å². The summed E-state index contributed by atoms with van der Waals surface area (Å²) >= 11 is 1.99. The maximum atomic E-state index is 12.1. The number of carbonyl (C=O) groups excluding carboxylic acids is 1. The average molecular weight is 536 g/mol. The van der Waals surface area contributed by atoms with Crippen LogP contribution in [-0.2, 0) is 19.0 Å². The number of aliphatic hydroxyl groups is 1. The van der Waals surface area contributed by atoms with Crippen molar-refractivity contribution in [2.75, 3.05) is 19.8 Å². The van der Waals surface area contributed by atoms with E-state index in [4.69, 9.17) is 14.2 Å². The van der Waals surface area contributed by atoms with Crippen LogP contribution in [0.1, 0.15) is 45.6 Å². The van der Waals surface area contributed by atoms with Crippen molar-refractivity contribution < 1.29 is 24.1 Å². The number of hydrogen-bond donors (Lipinski definition) is 1. The number of benzene rings is 1. The van der Waals surface area contributed by atoms with Gasteiger partial charge in [0.25, 0.3) is 0 Å². The topological polar surface area (TPSA) is 65.0 Å². The van der Waals surface area contributed by atoms with Gasteiger partial charge >= 0.3 is 5.97 Å². The molecule has 5 nitrogen and oxygen atoms in total. The van der Waals surface area contributed by atoms with Crippen LogP contribution in [0.2, 0.25) is 0 Å². The van der Waals surface area contributed by atoms with Crippen molar-refractivity contribution >= 4 is 34.6 Å². The van der Waals surface area contributed by atoms with Crippen LogP contribution in [0.3, 0.4) is 0 Å². The molecular formula is C25H29IO5. The first-order valence-corrected chi connectivity index (χ1v) is 11.6. The minimum atomic E-state index is -0.937. The first kappa shape index (κ1) is 24.0. The summed E-state index contributed by atoms with van der Waals surface area (Å²) in [4.78, 5) is 12.1. The molecule has 166 valence electrons. The molecular weight excluding hydrogens is 507 g/mol. The first-order chi connectivity index (χ1) is 14.8. The van der Waals surface area contributed by atoms with Gasteiger partial charge in [-0.1, -0.05) is 50.1 Å². The van der Waals surface area contributed by atoms with Crippen LogP contribution in [0, 0.1) is 15.3 Å². The number of unbranched alkanes of at least 4 members (excludes halogenated alkanes) is 1. The van der Waals surface area contributed by atoms with E-state index in [1.165, 1.54) is 6.92 Å². The second-order valence-electron chi connectivity index (χ2n) is 8.65. The lowest BCUT2D eigenvalue weighted by molar-refractivity contribution is -0.237. The molecule has 1 aromatic rings. The predicted octanol–water partition coefficient (Wildman–Crippen LogP) is 4.64. The number of esters is 1. The first-order valence-electron chi connectivity index (χ1n) is 10.5. The van der Waals surface area contributed by atoms with Gasteiger partial charge in [-0.15, -0.1) is 0 Å². The number of halogens is 1. The van der Waals surface area contributed by atoms with E-state index in [1.54, 1.807) is 0 Å². The summed E-state index contributed by atoms with van der Waals surface area (Å²) in [6.45, 7) is 6.82. The van der Waals surface area contributed by atoms with Gasteiger partial charge in [-0.3, -0.25) is 4.79 Å². The van der Waals surface area contributed by atoms with E-state index in [2.05, 4.69) is 23.7 Å². The third-order valence-corrected chi connectivity index (χ3v) is 5.59. The summed E-state index contributed by atoms with van der Waals surface area (Å²) in [6.07, 6.45) is 3.47. The summed E-state index contributed by atoms with van der Waals surface area (Å²) < 4.78 is 21.2. The molecule has 1 fully saturated rings. The standard InChI is InChI=1S/C25H29IO5/c1-18(28)31-23(20(12-13-26)15-19-9-5-4-6-10-19)22-21(11-7-8-14-27)25(22)29-16-24(2,3)17-30-25/h4-6,9-10,15,23,27H,7-8,11,14,16-17H2,1-3H3/b20-15+. The van der Waals surface area contributed by atoms with E-state index in [0.29, 0.717) is 31.6 Å². The molecule has 1 aliphatic carbocycles. The van der Waals surface area contributed by atoms with Crippen molar-refractivity contribution in [2.45, 2.75) is 51.9 Å². The zero-order valence-corrected chi connectivity index (χ0v) is 20.4. The Balaban J connectivity index is 1.99. The molecule has 3 rings (SSSR count). The smallest absolute Gasteiger partial charge is 0.303 e. The fourth-order valence-corrected chi connectivity index (χ4v) is 4.08. The summed E-state index contributed by atoms with van der Waals surface area (Å²) in [7, 11) is 0. The molecule has 0 aromatic heterocycles. The molecule has 0 saturated carbocycles. The summed E-state index contributed by atoms with van der Waals surface area (Å²) in [5.74, 6) is 1.79. The number of hydrogen-bond acceptors (Lipinski definition) is 5. The van der Waals surface area contributed by atoms with Gasteiger partial charge in [0, 0.05) is 58.3 Å². The Hall–Kier alpha value is -1.66. The lowest BCUT2D eigenvalue weighted by Gasteiger charge is -2.37. The highest BCUT2D eigenvalue weighted by Gasteiger charge is 2.62. The van der Waals surface area contributed by atoms with E-state index in [-0.39, 0.29) is 18.0 Å². The van der Waals surface area contributed by atoms with Crippen LogP contribution in [0.4, 0.5) is 0 Å². The predicted molar refractivity (Wildman–Crippen MR) is 128 cm³/mol. The van der Waals surface area contributed by atoms with E-state index in [0.717, 1.165) is 23.1 Å². The Kier molecular flexibility index (Phi) is 7.98. The third kappa shape index (κ3) is 5.78. The lowest BCUT2D eigenvalue weighted by Crippen LogP contribution is -2.43. The van der Waals surface area contributed by atoms with Crippen molar-refractivity contribution in [3.8, 4) is 9.85 Å². The maximum Gasteiger partial charge on any atom is 0.303 e. The van der Waals surface area contributed by atoms with Crippen molar-refractivity contribution in [1.82, 2.24) is 0 Å². The zero-order valence-electron chi connectivity index (χ0n) is 18.2. The molecule has 1 saturated heterocycles. The van der Waals surface area contributed by atoms with Gasteiger partial charge in [-0.25, -0.2) is 0 Å². The largest absolute Gasteiger partial charge is 0.452 e. The second-order valence-corrected chi connectivity index (χ2v) is 9.19. The average Bonchev–Trinajstić information content (AvgIpc) is 3.35. The highest BCUT2D eigenvalue weighted by atomic mass is 127. The van der Waals surface area contributed by atoms with Crippen LogP contribution in [-0.4, -0.2) is 42.8 Å². The molecule has 6 heteroatoms. The molecule has 1 spiro atoms. The maximum absolute atomic E-state index is 12.1. The molecule has 0 amide bonds. The Morgan fingerprint density at radius 2 is 1.94 bits per heavy atom. The monoisotopic (exact) mass is 536 g/mol. The van der Waals surface area contributed by atoms with Gasteiger partial charge in [0.2, 0.25) is 5.79 Å². The van der Waals surface area contributed by atoms with Gasteiger partial charge < -0.3 is 19.3 Å². The fourth-order valence-electron chi connectivity index (χ4n) is 3.77. The van der Waals surface area contributed by atoms with Crippen LogP contribution in [0.15, 0.2) is 47.1 Å². The van der Waals surface area contributed by atoms with Gasteiger partial charge in [-0.2, -0.15) is 0 Å². The lowest BCUT2D eigenvalue weighted by atomic mass is 9.95. The minimum absolute atomic E-state index is 0.0865. The van der Waals surface area contributed by atoms with Crippen LogP contribution >= 0.6 is 22.6 Å². The number of aliphatic hydroxyl groups excluding tert-OH is 1. The number of carbonyl (C=O) groups is 1. The molecule has 0 radical (unpaired) electrons.